The van der Waals surface area contributed by atoms with Crippen LogP contribution in [0.2, 0.25) is 0 Å². The number of H-pyrrole nitrogens is 1. The molecule has 1 atom stereocenters. The Morgan fingerprint density at radius 2 is 1.81 bits per heavy atom. The van der Waals surface area contributed by atoms with Crippen molar-refractivity contribution in [3.05, 3.63) is 10.4 Å². The van der Waals surface area contributed by atoms with E-state index in [1.54, 1.807) is 34.6 Å². The van der Waals surface area contributed by atoms with Gasteiger partial charge in [0.2, 0.25) is 11.6 Å². The molecule has 12 heteroatoms. The van der Waals surface area contributed by atoms with Crippen molar-refractivity contribution in [2.24, 2.45) is 0 Å². The van der Waals surface area contributed by atoms with Crippen LogP contribution in [0.5, 0.6) is 0 Å². The Morgan fingerprint density at radius 1 is 1.19 bits per heavy atom. The van der Waals surface area contributed by atoms with Gasteiger partial charge in [-0.3, -0.25) is 14.3 Å². The Hall–Kier alpha value is -1.81. The van der Waals surface area contributed by atoms with Crippen molar-refractivity contribution in [2.45, 2.75) is 59.5 Å². The van der Waals surface area contributed by atoms with Gasteiger partial charge in [-0.05, 0) is 34.6 Å². The zero-order chi connectivity index (χ0) is 19.5. The summed E-state index contributed by atoms with van der Waals surface area (Å²) >= 11 is 0. The molecule has 2 heterocycles. The van der Waals surface area contributed by atoms with E-state index in [4.69, 9.17) is 19.5 Å². The van der Waals surface area contributed by atoms with Crippen molar-refractivity contribution < 1.29 is 18.3 Å². The Bertz CT molecular complexity index is 834. The molecule has 0 aliphatic heterocycles. The highest BCUT2D eigenvalue weighted by atomic mass is 31.2. The first-order chi connectivity index (χ1) is 12.1. The summed E-state index contributed by atoms with van der Waals surface area (Å²) in [4.78, 5) is 18.3. The van der Waals surface area contributed by atoms with Gasteiger partial charge in [-0.15, -0.1) is 5.10 Å². The molecule has 0 saturated heterocycles. The van der Waals surface area contributed by atoms with Crippen LogP contribution in [0.15, 0.2) is 4.79 Å². The van der Waals surface area contributed by atoms with Gasteiger partial charge in [0.1, 0.15) is 6.35 Å². The molecule has 2 aromatic heterocycles. The Balaban J connectivity index is 2.07. The SMILES string of the molecule is CC(C)OP(=O)(CO[C@H](C)Cn1nnc2nc(N)[nH]c(=O)c21)OC(C)C. The molecule has 26 heavy (non-hydrogen) atoms. The van der Waals surface area contributed by atoms with Gasteiger partial charge in [0, 0.05) is 0 Å². The first-order valence-electron chi connectivity index (χ1n) is 8.26. The maximum Gasteiger partial charge on any atom is 0.356 e. The van der Waals surface area contributed by atoms with Crippen LogP contribution in [0.4, 0.5) is 5.95 Å². The monoisotopic (exact) mass is 388 g/mol. The lowest BCUT2D eigenvalue weighted by molar-refractivity contribution is 0.0529. The third-order valence-electron chi connectivity index (χ3n) is 3.09. The fourth-order valence-electron chi connectivity index (χ4n) is 2.29. The van der Waals surface area contributed by atoms with Crippen molar-refractivity contribution in [3.63, 3.8) is 0 Å². The summed E-state index contributed by atoms with van der Waals surface area (Å²) in [7, 11) is -3.40. The zero-order valence-electron chi connectivity index (χ0n) is 15.5. The van der Waals surface area contributed by atoms with Gasteiger partial charge in [0.05, 0.1) is 24.9 Å². The van der Waals surface area contributed by atoms with E-state index in [1.807, 2.05) is 0 Å². The first-order valence-corrected chi connectivity index (χ1v) is 9.99. The van der Waals surface area contributed by atoms with Crippen molar-refractivity contribution in [3.8, 4) is 0 Å². The van der Waals surface area contributed by atoms with Crippen LogP contribution in [0.25, 0.3) is 11.2 Å². The summed E-state index contributed by atoms with van der Waals surface area (Å²) in [6, 6.07) is 0. The van der Waals surface area contributed by atoms with Gasteiger partial charge in [-0.2, -0.15) is 4.98 Å². The number of nitrogens with zero attached hydrogens (tertiary/aromatic N) is 4. The average Bonchev–Trinajstić information content (AvgIpc) is 2.86. The number of hydrogen-bond acceptors (Lipinski definition) is 9. The number of nitrogen functional groups attached to an aromatic ring is 1. The highest BCUT2D eigenvalue weighted by molar-refractivity contribution is 7.53. The Kier molecular flexibility index (Phi) is 6.51. The minimum atomic E-state index is -3.40. The van der Waals surface area contributed by atoms with Crippen LogP contribution in [0, 0.1) is 0 Å². The predicted octanol–water partition coefficient (Wildman–Crippen LogP) is 1.50. The van der Waals surface area contributed by atoms with Crippen molar-refractivity contribution in [1.29, 1.82) is 0 Å². The van der Waals surface area contributed by atoms with E-state index in [0.717, 1.165) is 0 Å². The van der Waals surface area contributed by atoms with Gasteiger partial charge in [-0.25, -0.2) is 4.68 Å². The summed E-state index contributed by atoms with van der Waals surface area (Å²) in [6.45, 7) is 9.03. The molecular formula is C14H25N6O5P. The highest BCUT2D eigenvalue weighted by Gasteiger charge is 2.29. The number of nitrogens with two attached hydrogens (primary N) is 1. The Labute approximate surface area is 150 Å². The fraction of sp³-hybridized carbons (Fsp3) is 0.714. The molecule has 0 saturated carbocycles. The lowest BCUT2D eigenvalue weighted by Crippen LogP contribution is -2.22. The van der Waals surface area contributed by atoms with Crippen LogP contribution in [-0.4, -0.2) is 49.6 Å². The number of rotatable bonds is 9. The molecule has 11 nitrogen and oxygen atoms in total. The van der Waals surface area contributed by atoms with E-state index < -0.39 is 19.3 Å². The third-order valence-corrected chi connectivity index (χ3v) is 5.04. The van der Waals surface area contributed by atoms with Crippen LogP contribution < -0.4 is 11.3 Å². The summed E-state index contributed by atoms with van der Waals surface area (Å²) in [6.07, 6.45) is -1.18. The summed E-state index contributed by atoms with van der Waals surface area (Å²) < 4.78 is 30.6. The number of aromatic nitrogens is 5. The average molecular weight is 388 g/mol. The molecule has 3 N–H and O–H groups in total. The molecule has 2 rings (SSSR count). The fourth-order valence-corrected chi connectivity index (χ4v) is 4.18. The molecule has 0 amide bonds. The van der Waals surface area contributed by atoms with E-state index in [0.29, 0.717) is 0 Å². The summed E-state index contributed by atoms with van der Waals surface area (Å²) in [5.41, 5.74) is 5.38. The molecule has 0 fully saturated rings. The first kappa shape index (κ1) is 20.5. The topological polar surface area (TPSA) is 147 Å². The standard InChI is InChI=1S/C14H25N6O5P/c1-8(2)24-26(22,25-9(3)4)7-23-10(5)6-20-11-12(18-19-20)16-14(15)17-13(11)21/h8-10H,6-7H2,1-5H3,(H3,15,16,17,21)/t10-/m1/s1. The molecule has 0 aliphatic rings. The van der Waals surface area contributed by atoms with E-state index in [9.17, 15) is 9.36 Å². The van der Waals surface area contributed by atoms with Gasteiger partial charge < -0.3 is 19.5 Å². The Morgan fingerprint density at radius 3 is 2.38 bits per heavy atom. The van der Waals surface area contributed by atoms with E-state index >= 15 is 0 Å². The summed E-state index contributed by atoms with van der Waals surface area (Å²) in [5, 5.41) is 7.72. The second-order valence-electron chi connectivity index (χ2n) is 6.42. The lowest BCUT2D eigenvalue weighted by Gasteiger charge is -2.24. The summed E-state index contributed by atoms with van der Waals surface area (Å²) in [5.74, 6) is -0.0311. The number of nitrogens with one attached hydrogen (secondary N) is 1. The molecule has 0 spiro atoms. The maximum absolute atomic E-state index is 12.8. The molecule has 2 aromatic rings. The molecule has 0 aliphatic carbocycles. The number of fused-ring (bicyclic) bond motifs is 1. The largest absolute Gasteiger partial charge is 0.369 e. The quantitative estimate of drug-likeness (QED) is 0.610. The van der Waals surface area contributed by atoms with E-state index in [2.05, 4.69) is 20.3 Å². The van der Waals surface area contributed by atoms with E-state index in [-0.39, 0.29) is 42.2 Å². The number of ether oxygens (including phenoxy) is 1. The van der Waals surface area contributed by atoms with Crippen LogP contribution in [-0.2, 0) is 24.9 Å². The molecule has 0 radical (unpaired) electrons. The zero-order valence-corrected chi connectivity index (χ0v) is 16.4. The van der Waals surface area contributed by atoms with Crippen molar-refractivity contribution in [1.82, 2.24) is 25.0 Å². The molecular weight excluding hydrogens is 363 g/mol. The van der Waals surface area contributed by atoms with Gasteiger partial charge in [0.15, 0.2) is 5.52 Å². The van der Waals surface area contributed by atoms with Gasteiger partial charge >= 0.3 is 7.60 Å². The highest BCUT2D eigenvalue weighted by Crippen LogP contribution is 2.50. The maximum atomic E-state index is 12.8. The lowest BCUT2D eigenvalue weighted by atomic mass is 10.4. The number of anilines is 1. The molecule has 0 unspecified atom stereocenters. The predicted molar refractivity (Wildman–Crippen MR) is 95.8 cm³/mol. The van der Waals surface area contributed by atoms with Crippen molar-refractivity contribution >= 4 is 24.7 Å². The molecule has 0 aromatic carbocycles. The number of hydrogen-bond donors (Lipinski definition) is 2. The van der Waals surface area contributed by atoms with Crippen LogP contribution in [0.3, 0.4) is 0 Å². The second kappa shape index (κ2) is 8.26. The third kappa shape index (κ3) is 5.34. The number of aromatic amines is 1. The normalized spacial score (nSPS) is 13.8. The minimum absolute atomic E-state index is 0.0311. The van der Waals surface area contributed by atoms with Crippen molar-refractivity contribution in [2.75, 3.05) is 12.1 Å². The molecule has 0 bridgehead atoms. The van der Waals surface area contributed by atoms with Crippen LogP contribution >= 0.6 is 7.60 Å². The smallest absolute Gasteiger partial charge is 0.356 e. The van der Waals surface area contributed by atoms with Gasteiger partial charge in [-0.1, -0.05) is 5.21 Å². The second-order valence-corrected chi connectivity index (χ2v) is 8.32. The molecule has 146 valence electrons. The van der Waals surface area contributed by atoms with E-state index in [1.165, 1.54) is 4.68 Å². The minimum Gasteiger partial charge on any atom is -0.369 e. The van der Waals surface area contributed by atoms with Crippen LogP contribution in [0.1, 0.15) is 34.6 Å². The van der Waals surface area contributed by atoms with Gasteiger partial charge in [0.25, 0.3) is 5.56 Å².